The van der Waals surface area contributed by atoms with E-state index in [0.717, 1.165) is 51.5 Å². The van der Waals surface area contributed by atoms with Crippen LogP contribution in [-0.2, 0) is 12.8 Å². The van der Waals surface area contributed by atoms with Gasteiger partial charge < -0.3 is 10.2 Å². The van der Waals surface area contributed by atoms with Crippen molar-refractivity contribution in [3.8, 4) is 0 Å². The summed E-state index contributed by atoms with van der Waals surface area (Å²) in [4.78, 5) is 15.3. The molecule has 1 aromatic rings. The van der Waals surface area contributed by atoms with E-state index in [4.69, 9.17) is 0 Å². The maximum Gasteiger partial charge on any atom is 0.193 e. The van der Waals surface area contributed by atoms with Gasteiger partial charge in [-0.1, -0.05) is 19.1 Å². The first-order chi connectivity index (χ1) is 11.3. The summed E-state index contributed by atoms with van der Waals surface area (Å²) in [7, 11) is 1.88. The summed E-state index contributed by atoms with van der Waals surface area (Å²) in [6.45, 7) is 7.46. The third-order valence-corrected chi connectivity index (χ3v) is 5.81. The number of thiazole rings is 1. The van der Waals surface area contributed by atoms with Crippen LogP contribution >= 0.6 is 11.3 Å². The van der Waals surface area contributed by atoms with Crippen molar-refractivity contribution in [1.29, 1.82) is 0 Å². The molecule has 3 rings (SSSR count). The first-order valence-electron chi connectivity index (χ1n) is 8.58. The highest BCUT2D eigenvalue weighted by Gasteiger charge is 2.29. The molecule has 126 valence electrons. The Kier molecular flexibility index (Phi) is 5.67. The van der Waals surface area contributed by atoms with E-state index in [-0.39, 0.29) is 0 Å². The van der Waals surface area contributed by atoms with Crippen LogP contribution in [0.5, 0.6) is 0 Å². The number of aryl methyl sites for hydroxylation is 1. The molecular weight excluding hydrogens is 306 g/mol. The third kappa shape index (κ3) is 4.12. The predicted molar refractivity (Wildman–Crippen MR) is 97.2 cm³/mol. The molecule has 0 saturated carbocycles. The van der Waals surface area contributed by atoms with E-state index in [0.29, 0.717) is 6.04 Å². The molecule has 3 heterocycles. The van der Waals surface area contributed by atoms with E-state index >= 15 is 0 Å². The van der Waals surface area contributed by atoms with Gasteiger partial charge in [-0.05, 0) is 12.8 Å². The fraction of sp³-hybridized carbons (Fsp3) is 0.647. The van der Waals surface area contributed by atoms with Gasteiger partial charge in [-0.25, -0.2) is 4.98 Å². The second-order valence-electron chi connectivity index (χ2n) is 6.11. The largest absolute Gasteiger partial charge is 0.356 e. The normalized spacial score (nSPS) is 22.3. The number of nitrogens with one attached hydrogen (secondary N) is 1. The van der Waals surface area contributed by atoms with Gasteiger partial charge in [-0.2, -0.15) is 0 Å². The highest BCUT2D eigenvalue weighted by molar-refractivity contribution is 7.11. The lowest BCUT2D eigenvalue weighted by atomic mass is 10.2. The lowest BCUT2D eigenvalue weighted by Gasteiger charge is -2.25. The van der Waals surface area contributed by atoms with Crippen molar-refractivity contribution in [2.45, 2.75) is 32.2 Å². The molecule has 1 fully saturated rings. The molecule has 0 radical (unpaired) electrons. The molecule has 0 aromatic carbocycles. The quantitative estimate of drug-likeness (QED) is 0.507. The summed E-state index contributed by atoms with van der Waals surface area (Å²) >= 11 is 1.82. The van der Waals surface area contributed by atoms with Crippen molar-refractivity contribution in [2.75, 3.05) is 39.8 Å². The Morgan fingerprint density at radius 3 is 2.96 bits per heavy atom. The summed E-state index contributed by atoms with van der Waals surface area (Å²) in [5, 5.41) is 4.72. The van der Waals surface area contributed by atoms with Crippen LogP contribution in [0.25, 0.3) is 0 Å². The molecule has 23 heavy (non-hydrogen) atoms. The van der Waals surface area contributed by atoms with Crippen molar-refractivity contribution in [3.63, 3.8) is 0 Å². The molecule has 0 spiro atoms. The van der Waals surface area contributed by atoms with Crippen LogP contribution in [0.15, 0.2) is 23.3 Å². The first kappa shape index (κ1) is 16.5. The number of likely N-dealkylation sites (tertiary alicyclic amines) is 1. The van der Waals surface area contributed by atoms with Gasteiger partial charge in [-0.3, -0.25) is 9.89 Å². The maximum absolute atomic E-state index is 4.48. The summed E-state index contributed by atoms with van der Waals surface area (Å²) in [5.41, 5.74) is 0. The Labute approximate surface area is 143 Å². The molecule has 1 unspecified atom stereocenters. The minimum atomic E-state index is 0.662. The van der Waals surface area contributed by atoms with Gasteiger partial charge in [0.2, 0.25) is 0 Å². The van der Waals surface area contributed by atoms with Gasteiger partial charge in [0.25, 0.3) is 0 Å². The molecule has 0 aliphatic carbocycles. The van der Waals surface area contributed by atoms with E-state index < -0.39 is 0 Å². The third-order valence-electron chi connectivity index (χ3n) is 4.61. The smallest absolute Gasteiger partial charge is 0.193 e. The Balaban J connectivity index is 1.44. The summed E-state index contributed by atoms with van der Waals surface area (Å²) in [5.74, 6) is 1.03. The zero-order chi connectivity index (χ0) is 16.1. The van der Waals surface area contributed by atoms with E-state index in [1.165, 1.54) is 16.3 Å². The molecule has 5 nitrogen and oxygen atoms in total. The second-order valence-corrected chi connectivity index (χ2v) is 7.31. The number of aromatic nitrogens is 1. The maximum atomic E-state index is 4.48. The lowest BCUT2D eigenvalue weighted by molar-refractivity contribution is 0.259. The lowest BCUT2D eigenvalue weighted by Crippen LogP contribution is -2.43. The van der Waals surface area contributed by atoms with Crippen molar-refractivity contribution >= 4 is 17.3 Å². The van der Waals surface area contributed by atoms with Gasteiger partial charge in [-0.15, -0.1) is 11.3 Å². The standard InChI is InChI=1S/C17H27N5S/c1-3-15-12-20-16(23-15)6-8-19-17(18-2)22-11-7-14(13-22)21-9-4-5-10-21/h4-5,12,14H,3,6-11,13H2,1-2H3,(H,18,19). The van der Waals surface area contributed by atoms with Crippen LogP contribution in [-0.4, -0.2) is 66.6 Å². The average Bonchev–Trinajstić information content (AvgIpc) is 3.32. The Hall–Kier alpha value is -1.40. The van der Waals surface area contributed by atoms with Crippen LogP contribution in [0.3, 0.4) is 0 Å². The van der Waals surface area contributed by atoms with E-state index in [2.05, 4.69) is 44.2 Å². The van der Waals surface area contributed by atoms with Crippen LogP contribution in [0.4, 0.5) is 0 Å². The monoisotopic (exact) mass is 333 g/mol. The minimum Gasteiger partial charge on any atom is -0.356 e. The Morgan fingerprint density at radius 2 is 2.26 bits per heavy atom. The fourth-order valence-corrected chi connectivity index (χ4v) is 4.13. The van der Waals surface area contributed by atoms with Crippen molar-refractivity contribution in [2.24, 2.45) is 4.99 Å². The van der Waals surface area contributed by atoms with Gasteiger partial charge in [0.15, 0.2) is 5.96 Å². The Morgan fingerprint density at radius 1 is 1.43 bits per heavy atom. The number of guanidine groups is 1. The topological polar surface area (TPSA) is 43.8 Å². The molecular formula is C17H27N5S. The molecule has 1 saturated heterocycles. The number of hydrogen-bond donors (Lipinski definition) is 1. The van der Waals surface area contributed by atoms with E-state index in [1.54, 1.807) is 0 Å². The molecule has 0 amide bonds. The predicted octanol–water partition coefficient (Wildman–Crippen LogP) is 1.77. The number of aliphatic imine (C=N–C) groups is 1. The van der Waals surface area contributed by atoms with Gasteiger partial charge in [0.05, 0.1) is 5.01 Å². The molecule has 6 heteroatoms. The summed E-state index contributed by atoms with van der Waals surface area (Å²) in [6.07, 6.45) is 9.83. The average molecular weight is 334 g/mol. The number of nitrogens with zero attached hydrogens (tertiary/aromatic N) is 4. The van der Waals surface area contributed by atoms with E-state index in [9.17, 15) is 0 Å². The van der Waals surface area contributed by atoms with Crippen LogP contribution in [0.2, 0.25) is 0 Å². The van der Waals surface area contributed by atoms with Gasteiger partial charge >= 0.3 is 0 Å². The SMILES string of the molecule is CCc1cnc(CCNC(=NC)N2CCC(N3CC=CC3)C2)s1. The van der Waals surface area contributed by atoms with Gasteiger partial charge in [0, 0.05) is 63.3 Å². The van der Waals surface area contributed by atoms with Crippen molar-refractivity contribution < 1.29 is 0 Å². The molecule has 0 bridgehead atoms. The molecule has 1 N–H and O–H groups in total. The summed E-state index contributed by atoms with van der Waals surface area (Å²) < 4.78 is 0. The van der Waals surface area contributed by atoms with Crippen molar-refractivity contribution in [1.82, 2.24) is 20.1 Å². The van der Waals surface area contributed by atoms with Gasteiger partial charge in [0.1, 0.15) is 0 Å². The highest BCUT2D eigenvalue weighted by Crippen LogP contribution is 2.18. The fourth-order valence-electron chi connectivity index (χ4n) is 3.27. The second kappa shape index (κ2) is 7.93. The van der Waals surface area contributed by atoms with E-state index in [1.807, 2.05) is 24.6 Å². The Bertz CT molecular complexity index is 557. The highest BCUT2D eigenvalue weighted by atomic mass is 32.1. The number of hydrogen-bond acceptors (Lipinski definition) is 4. The molecule has 2 aliphatic heterocycles. The molecule has 1 aromatic heterocycles. The zero-order valence-corrected chi connectivity index (χ0v) is 15.0. The molecule has 2 aliphatic rings. The van der Waals surface area contributed by atoms with Crippen molar-refractivity contribution in [3.05, 3.63) is 28.2 Å². The van der Waals surface area contributed by atoms with Crippen LogP contribution < -0.4 is 5.32 Å². The van der Waals surface area contributed by atoms with Crippen LogP contribution in [0.1, 0.15) is 23.2 Å². The zero-order valence-electron chi connectivity index (χ0n) is 14.2. The number of rotatable bonds is 5. The molecule has 1 atom stereocenters. The minimum absolute atomic E-state index is 0.662. The summed E-state index contributed by atoms with van der Waals surface area (Å²) in [6, 6.07) is 0.662. The van der Waals surface area contributed by atoms with Crippen LogP contribution in [0, 0.1) is 0 Å². The first-order valence-corrected chi connectivity index (χ1v) is 9.40.